The van der Waals surface area contributed by atoms with Gasteiger partial charge in [0.2, 0.25) is 0 Å². The predicted octanol–water partition coefficient (Wildman–Crippen LogP) is 4.71. The summed E-state index contributed by atoms with van der Waals surface area (Å²) >= 11 is 0. The Morgan fingerprint density at radius 3 is 2.69 bits per heavy atom. The molecule has 2 fully saturated rings. The van der Waals surface area contributed by atoms with E-state index in [1.54, 1.807) is 18.3 Å². The zero-order valence-corrected chi connectivity index (χ0v) is 14.6. The fourth-order valence-electron chi connectivity index (χ4n) is 4.44. The van der Waals surface area contributed by atoms with Crippen LogP contribution in [0.2, 0.25) is 0 Å². The van der Waals surface area contributed by atoms with E-state index in [-0.39, 0.29) is 17.9 Å². The number of alkyl halides is 3. The smallest absolute Gasteiger partial charge is 0.351 e. The van der Waals surface area contributed by atoms with Crippen molar-refractivity contribution in [2.45, 2.75) is 57.3 Å². The molecule has 1 saturated carbocycles. The van der Waals surface area contributed by atoms with Gasteiger partial charge in [0.05, 0.1) is 0 Å². The molecule has 4 rings (SSSR count). The maximum atomic E-state index is 13.5. The van der Waals surface area contributed by atoms with Crippen molar-refractivity contribution in [1.29, 1.82) is 0 Å². The number of hydrogen-bond donors (Lipinski definition) is 0. The van der Waals surface area contributed by atoms with E-state index >= 15 is 0 Å². The molecule has 1 saturated heterocycles. The van der Waals surface area contributed by atoms with Crippen LogP contribution in [0.5, 0.6) is 0 Å². The Balaban J connectivity index is 1.80. The maximum Gasteiger partial charge on any atom is 0.433 e. The number of pyridine rings is 1. The largest absolute Gasteiger partial charge is 0.433 e. The number of anilines is 1. The molecular formula is C19H21F3N4. The Bertz CT molecular complexity index is 778. The van der Waals surface area contributed by atoms with E-state index in [1.807, 2.05) is 0 Å². The molecule has 1 aliphatic heterocycles. The van der Waals surface area contributed by atoms with Crippen molar-refractivity contribution in [2.75, 3.05) is 4.90 Å². The van der Waals surface area contributed by atoms with Gasteiger partial charge in [0.25, 0.3) is 0 Å². The lowest BCUT2D eigenvalue weighted by Crippen LogP contribution is -2.38. The maximum absolute atomic E-state index is 13.5. The van der Waals surface area contributed by atoms with Crippen LogP contribution in [-0.2, 0) is 6.18 Å². The van der Waals surface area contributed by atoms with Crippen LogP contribution in [0.1, 0.15) is 44.7 Å². The lowest BCUT2D eigenvalue weighted by molar-refractivity contribution is -0.141. The molecule has 2 aromatic heterocycles. The van der Waals surface area contributed by atoms with Crippen LogP contribution in [-0.4, -0.2) is 27.0 Å². The Hall–Kier alpha value is -2.18. The van der Waals surface area contributed by atoms with Gasteiger partial charge in [0.15, 0.2) is 11.5 Å². The number of fused-ring (bicyclic) bond motifs is 1. The molecule has 0 bridgehead atoms. The van der Waals surface area contributed by atoms with Gasteiger partial charge >= 0.3 is 6.18 Å². The SMILES string of the molecule is CC1CC2CCCCC2N1c1cc(C(F)(F)F)nc(-c2cccnc2)n1. The van der Waals surface area contributed by atoms with E-state index < -0.39 is 11.9 Å². The van der Waals surface area contributed by atoms with Crippen LogP contribution < -0.4 is 4.90 Å². The summed E-state index contributed by atoms with van der Waals surface area (Å²) in [6.45, 7) is 2.08. The molecule has 2 aromatic rings. The van der Waals surface area contributed by atoms with Gasteiger partial charge in [-0.15, -0.1) is 0 Å². The molecule has 26 heavy (non-hydrogen) atoms. The second kappa shape index (κ2) is 6.52. The predicted molar refractivity (Wildman–Crippen MR) is 92.6 cm³/mol. The average molecular weight is 362 g/mol. The third-order valence-electron chi connectivity index (χ3n) is 5.53. The minimum Gasteiger partial charge on any atom is -0.351 e. The average Bonchev–Trinajstić information content (AvgIpc) is 2.97. The van der Waals surface area contributed by atoms with Crippen LogP contribution >= 0.6 is 0 Å². The van der Waals surface area contributed by atoms with Crippen LogP contribution in [0, 0.1) is 5.92 Å². The monoisotopic (exact) mass is 362 g/mol. The summed E-state index contributed by atoms with van der Waals surface area (Å²) in [4.78, 5) is 14.4. The Kier molecular flexibility index (Phi) is 4.32. The highest BCUT2D eigenvalue weighted by molar-refractivity contribution is 5.58. The van der Waals surface area contributed by atoms with Crippen molar-refractivity contribution in [1.82, 2.24) is 15.0 Å². The van der Waals surface area contributed by atoms with E-state index in [0.717, 1.165) is 31.7 Å². The first-order valence-corrected chi connectivity index (χ1v) is 9.08. The highest BCUT2D eigenvalue weighted by Gasteiger charge is 2.42. The van der Waals surface area contributed by atoms with E-state index in [4.69, 9.17) is 0 Å². The van der Waals surface area contributed by atoms with Gasteiger partial charge in [-0.25, -0.2) is 9.97 Å². The summed E-state index contributed by atoms with van der Waals surface area (Å²) < 4.78 is 40.4. The van der Waals surface area contributed by atoms with Crippen molar-refractivity contribution >= 4 is 5.82 Å². The highest BCUT2D eigenvalue weighted by atomic mass is 19.4. The lowest BCUT2D eigenvalue weighted by Gasteiger charge is -2.34. The fraction of sp³-hybridized carbons (Fsp3) is 0.526. The van der Waals surface area contributed by atoms with E-state index in [2.05, 4.69) is 26.8 Å². The van der Waals surface area contributed by atoms with Gasteiger partial charge in [-0.3, -0.25) is 4.98 Å². The van der Waals surface area contributed by atoms with Gasteiger partial charge in [-0.2, -0.15) is 13.2 Å². The van der Waals surface area contributed by atoms with Gasteiger partial charge in [0.1, 0.15) is 5.82 Å². The topological polar surface area (TPSA) is 41.9 Å². The minimum atomic E-state index is -4.51. The van der Waals surface area contributed by atoms with Crippen LogP contribution in [0.15, 0.2) is 30.6 Å². The summed E-state index contributed by atoms with van der Waals surface area (Å²) in [6.07, 6.45) is 4.07. The Morgan fingerprint density at radius 2 is 1.96 bits per heavy atom. The van der Waals surface area contributed by atoms with Crippen molar-refractivity contribution in [3.8, 4) is 11.4 Å². The third-order valence-corrected chi connectivity index (χ3v) is 5.53. The summed E-state index contributed by atoms with van der Waals surface area (Å²) in [5, 5.41) is 0. The number of aromatic nitrogens is 3. The van der Waals surface area contributed by atoms with Crippen LogP contribution in [0.4, 0.5) is 19.0 Å². The van der Waals surface area contributed by atoms with Gasteiger partial charge < -0.3 is 4.90 Å². The van der Waals surface area contributed by atoms with Gasteiger partial charge in [-0.05, 0) is 44.2 Å². The number of hydrogen-bond acceptors (Lipinski definition) is 4. The number of halogens is 3. The summed E-state index contributed by atoms with van der Waals surface area (Å²) in [5.41, 5.74) is -0.403. The van der Waals surface area contributed by atoms with Crippen molar-refractivity contribution < 1.29 is 13.2 Å². The first kappa shape index (κ1) is 17.2. The summed E-state index contributed by atoms with van der Waals surface area (Å²) in [7, 11) is 0. The fourth-order valence-corrected chi connectivity index (χ4v) is 4.44. The lowest BCUT2D eigenvalue weighted by atomic mass is 9.85. The number of nitrogens with zero attached hydrogens (tertiary/aromatic N) is 4. The van der Waals surface area contributed by atoms with E-state index in [0.29, 0.717) is 17.3 Å². The van der Waals surface area contributed by atoms with E-state index in [1.165, 1.54) is 12.6 Å². The second-order valence-electron chi connectivity index (χ2n) is 7.28. The molecular weight excluding hydrogens is 341 g/mol. The molecule has 0 radical (unpaired) electrons. The number of rotatable bonds is 2. The van der Waals surface area contributed by atoms with E-state index in [9.17, 15) is 13.2 Å². The zero-order valence-electron chi connectivity index (χ0n) is 14.6. The Labute approximate surface area is 150 Å². The normalized spacial score (nSPS) is 26.0. The highest BCUT2D eigenvalue weighted by Crippen LogP contribution is 2.42. The molecule has 0 N–H and O–H groups in total. The molecule has 4 nitrogen and oxygen atoms in total. The molecule has 7 heteroatoms. The zero-order chi connectivity index (χ0) is 18.3. The van der Waals surface area contributed by atoms with Crippen molar-refractivity contribution in [3.63, 3.8) is 0 Å². The quantitative estimate of drug-likeness (QED) is 0.776. The molecule has 0 amide bonds. The van der Waals surface area contributed by atoms with Crippen LogP contribution in [0.25, 0.3) is 11.4 Å². The van der Waals surface area contributed by atoms with Gasteiger partial charge in [-0.1, -0.05) is 12.8 Å². The van der Waals surface area contributed by atoms with Gasteiger partial charge in [0, 0.05) is 36.1 Å². The second-order valence-corrected chi connectivity index (χ2v) is 7.28. The van der Waals surface area contributed by atoms with Crippen molar-refractivity contribution in [2.24, 2.45) is 5.92 Å². The molecule has 3 unspecified atom stereocenters. The van der Waals surface area contributed by atoms with Crippen LogP contribution in [0.3, 0.4) is 0 Å². The first-order valence-electron chi connectivity index (χ1n) is 9.08. The molecule has 2 aliphatic rings. The molecule has 0 spiro atoms. The standard InChI is InChI=1S/C19H21F3N4/c1-12-9-13-5-2-3-7-15(13)26(12)17-10-16(19(20,21)22)24-18(25-17)14-6-4-8-23-11-14/h4,6,8,10-13,15H,2-3,5,7,9H2,1H3. The van der Waals surface area contributed by atoms with Crippen molar-refractivity contribution in [3.05, 3.63) is 36.3 Å². The first-order chi connectivity index (χ1) is 12.4. The molecule has 1 aliphatic carbocycles. The molecule has 3 atom stereocenters. The summed E-state index contributed by atoms with van der Waals surface area (Å²) in [5.74, 6) is 1.01. The molecule has 138 valence electrons. The minimum absolute atomic E-state index is 0.0781. The molecule has 3 heterocycles. The Morgan fingerprint density at radius 1 is 1.15 bits per heavy atom. The third kappa shape index (κ3) is 3.15. The summed E-state index contributed by atoms with van der Waals surface area (Å²) in [6, 6.07) is 4.92. The molecule has 0 aromatic carbocycles.